The smallest absolute Gasteiger partial charge is 0.318 e. The third-order valence-electron chi connectivity index (χ3n) is 2.68. The molecule has 1 fully saturated rings. The number of hydrogen-bond donors (Lipinski definition) is 2. The highest BCUT2D eigenvalue weighted by atomic mass is 16.4. The summed E-state index contributed by atoms with van der Waals surface area (Å²) in [5.74, 6) is 0.767. The molecule has 1 aliphatic rings. The predicted octanol–water partition coefficient (Wildman–Crippen LogP) is -0.263. The van der Waals surface area contributed by atoms with Gasteiger partial charge in [0.25, 0.3) is 0 Å². The van der Waals surface area contributed by atoms with E-state index < -0.39 is 0 Å². The Kier molecular flexibility index (Phi) is 3.17. The summed E-state index contributed by atoms with van der Waals surface area (Å²) in [5, 5.41) is 16.8. The van der Waals surface area contributed by atoms with Gasteiger partial charge < -0.3 is 20.2 Å². The van der Waals surface area contributed by atoms with Crippen molar-refractivity contribution >= 4 is 6.01 Å². The fraction of sp³-hybridized carbons (Fsp3) is 0.778. The molecule has 0 aromatic carbocycles. The number of nitrogens with two attached hydrogens (primary N) is 1. The van der Waals surface area contributed by atoms with Gasteiger partial charge in [-0.25, -0.2) is 0 Å². The van der Waals surface area contributed by atoms with Crippen LogP contribution in [0.15, 0.2) is 4.42 Å². The van der Waals surface area contributed by atoms with Crippen LogP contribution in [0.1, 0.15) is 18.7 Å². The van der Waals surface area contributed by atoms with E-state index in [0.29, 0.717) is 17.8 Å². The highest BCUT2D eigenvalue weighted by Gasteiger charge is 2.22. The molecule has 0 saturated carbocycles. The Morgan fingerprint density at radius 1 is 1.53 bits per heavy atom. The zero-order valence-corrected chi connectivity index (χ0v) is 8.59. The molecule has 1 atom stereocenters. The van der Waals surface area contributed by atoms with E-state index in [1.54, 1.807) is 0 Å². The standard InChI is InChI=1S/C9H16N4O2/c10-4-8-11-12-9(15-8)13-3-1-2-7(5-13)6-14/h7,14H,1-6,10H2. The molecular formula is C9H16N4O2. The highest BCUT2D eigenvalue weighted by Crippen LogP contribution is 2.21. The second kappa shape index (κ2) is 4.59. The van der Waals surface area contributed by atoms with Crippen LogP contribution in [-0.2, 0) is 6.54 Å². The van der Waals surface area contributed by atoms with Crippen molar-refractivity contribution in [3.8, 4) is 0 Å². The molecule has 84 valence electrons. The van der Waals surface area contributed by atoms with Crippen molar-refractivity contribution in [2.45, 2.75) is 19.4 Å². The minimum Gasteiger partial charge on any atom is -0.407 e. The van der Waals surface area contributed by atoms with Gasteiger partial charge in [0.2, 0.25) is 5.89 Å². The van der Waals surface area contributed by atoms with Crippen molar-refractivity contribution in [1.29, 1.82) is 0 Å². The topological polar surface area (TPSA) is 88.4 Å². The summed E-state index contributed by atoms with van der Waals surface area (Å²) in [4.78, 5) is 2.01. The molecular weight excluding hydrogens is 196 g/mol. The number of piperidine rings is 1. The van der Waals surface area contributed by atoms with Crippen molar-refractivity contribution in [1.82, 2.24) is 10.2 Å². The second-order valence-electron chi connectivity index (χ2n) is 3.82. The Labute approximate surface area is 88.1 Å². The lowest BCUT2D eigenvalue weighted by molar-refractivity contribution is 0.206. The maximum Gasteiger partial charge on any atom is 0.318 e. The van der Waals surface area contributed by atoms with Gasteiger partial charge in [0.1, 0.15) is 0 Å². The van der Waals surface area contributed by atoms with Gasteiger partial charge in [-0.05, 0) is 18.8 Å². The Morgan fingerprint density at radius 3 is 3.07 bits per heavy atom. The fourth-order valence-electron chi connectivity index (χ4n) is 1.84. The summed E-state index contributed by atoms with van der Waals surface area (Å²) in [6.07, 6.45) is 2.11. The first kappa shape index (κ1) is 10.4. The van der Waals surface area contributed by atoms with E-state index in [4.69, 9.17) is 15.3 Å². The van der Waals surface area contributed by atoms with E-state index in [-0.39, 0.29) is 13.2 Å². The lowest BCUT2D eigenvalue weighted by Crippen LogP contribution is -2.37. The van der Waals surface area contributed by atoms with Gasteiger partial charge in [0.15, 0.2) is 0 Å². The van der Waals surface area contributed by atoms with Gasteiger partial charge in [-0.15, -0.1) is 5.10 Å². The SMILES string of the molecule is NCc1nnc(N2CCCC(CO)C2)o1. The van der Waals surface area contributed by atoms with Crippen molar-refractivity contribution in [2.75, 3.05) is 24.6 Å². The number of hydrogen-bond acceptors (Lipinski definition) is 6. The van der Waals surface area contributed by atoms with Gasteiger partial charge in [-0.3, -0.25) is 0 Å². The summed E-state index contributed by atoms with van der Waals surface area (Å²) >= 11 is 0. The first-order valence-electron chi connectivity index (χ1n) is 5.21. The number of nitrogens with zero attached hydrogens (tertiary/aromatic N) is 3. The number of anilines is 1. The largest absolute Gasteiger partial charge is 0.407 e. The van der Waals surface area contributed by atoms with Crippen LogP contribution in [-0.4, -0.2) is 35.0 Å². The maximum atomic E-state index is 9.09. The third-order valence-corrected chi connectivity index (χ3v) is 2.68. The van der Waals surface area contributed by atoms with E-state index >= 15 is 0 Å². The van der Waals surface area contributed by atoms with Gasteiger partial charge in [-0.1, -0.05) is 5.10 Å². The number of aromatic nitrogens is 2. The molecule has 0 spiro atoms. The monoisotopic (exact) mass is 212 g/mol. The maximum absolute atomic E-state index is 9.09. The molecule has 1 unspecified atom stereocenters. The molecule has 6 nitrogen and oxygen atoms in total. The highest BCUT2D eigenvalue weighted by molar-refractivity contribution is 5.25. The van der Waals surface area contributed by atoms with Crippen LogP contribution in [0.2, 0.25) is 0 Å². The number of aliphatic hydroxyl groups is 1. The lowest BCUT2D eigenvalue weighted by atomic mass is 10.00. The molecule has 2 heterocycles. The first-order chi connectivity index (χ1) is 7.33. The molecule has 0 bridgehead atoms. The van der Waals surface area contributed by atoms with Crippen LogP contribution < -0.4 is 10.6 Å². The van der Waals surface area contributed by atoms with Crippen molar-refractivity contribution in [3.05, 3.63) is 5.89 Å². The minimum atomic E-state index is 0.217. The number of aliphatic hydroxyl groups excluding tert-OH is 1. The molecule has 15 heavy (non-hydrogen) atoms. The molecule has 1 aromatic rings. The molecule has 3 N–H and O–H groups in total. The number of rotatable bonds is 3. The molecule has 2 rings (SSSR count). The molecule has 0 amide bonds. The van der Waals surface area contributed by atoms with Crippen LogP contribution in [0.4, 0.5) is 6.01 Å². The van der Waals surface area contributed by atoms with Gasteiger partial charge in [0.05, 0.1) is 6.54 Å². The van der Waals surface area contributed by atoms with Gasteiger partial charge in [-0.2, -0.15) is 0 Å². The van der Waals surface area contributed by atoms with Crippen LogP contribution in [0.5, 0.6) is 0 Å². The molecule has 6 heteroatoms. The molecule has 0 aliphatic carbocycles. The quantitative estimate of drug-likeness (QED) is 0.717. The predicted molar refractivity (Wildman–Crippen MR) is 54.2 cm³/mol. The van der Waals surface area contributed by atoms with Crippen molar-refractivity contribution < 1.29 is 9.52 Å². The van der Waals surface area contributed by atoms with E-state index in [1.807, 2.05) is 4.90 Å². The zero-order chi connectivity index (χ0) is 10.7. The normalized spacial score (nSPS) is 22.0. The lowest BCUT2D eigenvalue weighted by Gasteiger charge is -2.30. The first-order valence-corrected chi connectivity index (χ1v) is 5.21. The van der Waals surface area contributed by atoms with Crippen LogP contribution in [0.25, 0.3) is 0 Å². The molecule has 1 saturated heterocycles. The van der Waals surface area contributed by atoms with E-state index in [0.717, 1.165) is 25.9 Å². The Morgan fingerprint density at radius 2 is 2.40 bits per heavy atom. The third kappa shape index (κ3) is 2.27. The average molecular weight is 212 g/mol. The van der Waals surface area contributed by atoms with E-state index in [1.165, 1.54) is 0 Å². The van der Waals surface area contributed by atoms with Crippen LogP contribution >= 0.6 is 0 Å². The van der Waals surface area contributed by atoms with E-state index in [2.05, 4.69) is 10.2 Å². The van der Waals surface area contributed by atoms with E-state index in [9.17, 15) is 0 Å². The Hall–Kier alpha value is -1.14. The summed E-state index contributed by atoms with van der Waals surface area (Å²) in [5.41, 5.74) is 5.39. The Balaban J connectivity index is 2.03. The van der Waals surface area contributed by atoms with Crippen LogP contribution in [0.3, 0.4) is 0 Å². The minimum absolute atomic E-state index is 0.217. The fourth-order valence-corrected chi connectivity index (χ4v) is 1.84. The summed E-state index contributed by atoms with van der Waals surface area (Å²) in [7, 11) is 0. The molecule has 1 aliphatic heterocycles. The molecule has 0 radical (unpaired) electrons. The Bertz CT molecular complexity index is 315. The van der Waals surface area contributed by atoms with Gasteiger partial charge >= 0.3 is 6.01 Å². The molecule has 1 aromatic heterocycles. The summed E-state index contributed by atoms with van der Waals surface area (Å²) in [6.45, 7) is 2.17. The zero-order valence-electron chi connectivity index (χ0n) is 8.59. The van der Waals surface area contributed by atoms with Crippen LogP contribution in [0, 0.1) is 5.92 Å². The van der Waals surface area contributed by atoms with Gasteiger partial charge in [0, 0.05) is 19.7 Å². The summed E-state index contributed by atoms with van der Waals surface area (Å²) in [6, 6.07) is 0.522. The second-order valence-corrected chi connectivity index (χ2v) is 3.82. The van der Waals surface area contributed by atoms with Crippen molar-refractivity contribution in [3.63, 3.8) is 0 Å². The summed E-state index contributed by atoms with van der Waals surface area (Å²) < 4.78 is 5.36. The van der Waals surface area contributed by atoms with Crippen molar-refractivity contribution in [2.24, 2.45) is 11.7 Å². The average Bonchev–Trinajstić information content (AvgIpc) is 2.78.